The number of cyclic esters (lactones) is 1. The van der Waals surface area contributed by atoms with Crippen LogP contribution in [-0.4, -0.2) is 34.1 Å². The van der Waals surface area contributed by atoms with Crippen LogP contribution in [-0.2, 0) is 20.8 Å². The first kappa shape index (κ1) is 32.9. The highest BCUT2D eigenvalue weighted by atomic mass is 16.6. The smallest absolute Gasteiger partial charge is 0.422 e. The number of carbonyl (C=O) groups excluding carboxylic acids is 3. The molecular formula is C35H45N3O6. The molecule has 44 heavy (non-hydrogen) atoms. The van der Waals surface area contributed by atoms with Gasteiger partial charge in [-0.05, 0) is 50.1 Å². The molecule has 1 fully saturated rings. The van der Waals surface area contributed by atoms with Crippen molar-refractivity contribution in [3.63, 3.8) is 0 Å². The van der Waals surface area contributed by atoms with E-state index in [1.807, 2.05) is 6.92 Å². The fourth-order valence-electron chi connectivity index (χ4n) is 5.73. The standard InChI is InChI=1S/C35H45N3O6/c1-4-6-7-8-9-10-11-12-13-14-15-18-23-43-34(41)26-22-21-25(3)29(24-26)38-33(40)30(44-35(38)42)31-36-32(39)27-19-16-17-20-28(27)37(31)5-2/h16-17,19-22,24,30H,4-15,18,23H2,1-3H3. The number of rotatable bonds is 17. The largest absolute Gasteiger partial charge is 0.462 e. The molecule has 9 nitrogen and oxygen atoms in total. The van der Waals surface area contributed by atoms with Crippen molar-refractivity contribution < 1.29 is 23.9 Å². The summed E-state index contributed by atoms with van der Waals surface area (Å²) < 4.78 is 12.7. The Morgan fingerprint density at radius 3 is 2.16 bits per heavy atom. The van der Waals surface area contributed by atoms with Crippen LogP contribution < -0.4 is 10.5 Å². The van der Waals surface area contributed by atoms with E-state index in [1.54, 1.807) is 47.9 Å². The lowest BCUT2D eigenvalue weighted by Crippen LogP contribution is -2.31. The fraction of sp³-hybridized carbons (Fsp3) is 0.514. The molecule has 0 aliphatic carbocycles. The van der Waals surface area contributed by atoms with Gasteiger partial charge in [0.25, 0.3) is 11.5 Å². The summed E-state index contributed by atoms with van der Waals surface area (Å²) in [4.78, 5) is 57.2. The summed E-state index contributed by atoms with van der Waals surface area (Å²) in [5, 5.41) is 0.414. The number of hydrogen-bond acceptors (Lipinski definition) is 7. The van der Waals surface area contributed by atoms with Crippen LogP contribution in [0.3, 0.4) is 0 Å². The van der Waals surface area contributed by atoms with Gasteiger partial charge in [0.05, 0.1) is 28.8 Å². The SMILES string of the molecule is CCCCCCCCCCCCCCOC(=O)c1ccc(C)c(N2C(=O)OC(c3nc(=O)c4ccccc4n3CC)C2=O)c1. The molecule has 1 saturated heterocycles. The van der Waals surface area contributed by atoms with Crippen LogP contribution in [0.25, 0.3) is 10.9 Å². The third-order valence-corrected chi connectivity index (χ3v) is 8.23. The van der Waals surface area contributed by atoms with Gasteiger partial charge >= 0.3 is 12.1 Å². The predicted molar refractivity (Wildman–Crippen MR) is 171 cm³/mol. The molecule has 0 radical (unpaired) electrons. The molecule has 9 heteroatoms. The average molecular weight is 604 g/mol. The number of carbonyl (C=O) groups is 3. The third kappa shape index (κ3) is 7.92. The Morgan fingerprint density at radius 2 is 1.50 bits per heavy atom. The van der Waals surface area contributed by atoms with E-state index < -0.39 is 29.6 Å². The van der Waals surface area contributed by atoms with Gasteiger partial charge in [0, 0.05) is 6.54 Å². The zero-order valence-corrected chi connectivity index (χ0v) is 26.3. The molecule has 1 atom stereocenters. The van der Waals surface area contributed by atoms with Crippen LogP contribution in [0, 0.1) is 6.92 Å². The van der Waals surface area contributed by atoms with Gasteiger partial charge in [-0.15, -0.1) is 0 Å². The molecule has 0 bridgehead atoms. The summed E-state index contributed by atoms with van der Waals surface area (Å²) in [6.07, 6.45) is 12.4. The minimum Gasteiger partial charge on any atom is -0.462 e. The second kappa shape index (κ2) is 16.2. The monoisotopic (exact) mass is 603 g/mol. The van der Waals surface area contributed by atoms with E-state index >= 15 is 0 Å². The maximum Gasteiger partial charge on any atom is 0.422 e. The average Bonchev–Trinajstić information content (AvgIpc) is 3.32. The van der Waals surface area contributed by atoms with Crippen LogP contribution in [0.2, 0.25) is 0 Å². The normalized spacial score (nSPS) is 14.8. The Balaban J connectivity index is 1.32. The van der Waals surface area contributed by atoms with Crippen molar-refractivity contribution in [2.24, 2.45) is 0 Å². The number of unbranched alkanes of at least 4 members (excludes halogenated alkanes) is 11. The molecule has 0 N–H and O–H groups in total. The van der Waals surface area contributed by atoms with Crippen molar-refractivity contribution in [1.82, 2.24) is 9.55 Å². The number of esters is 1. The quantitative estimate of drug-likeness (QED) is 0.114. The minimum atomic E-state index is -1.39. The second-order valence-electron chi connectivity index (χ2n) is 11.5. The molecule has 1 aliphatic heterocycles. The number of hydrogen-bond donors (Lipinski definition) is 0. The minimum absolute atomic E-state index is 0.0627. The van der Waals surface area contributed by atoms with E-state index in [-0.39, 0.29) is 17.1 Å². The molecule has 0 saturated carbocycles. The summed E-state index contributed by atoms with van der Waals surface area (Å²) in [6, 6.07) is 11.7. The number of anilines is 1. The lowest BCUT2D eigenvalue weighted by molar-refractivity contribution is -0.122. The Hall–Kier alpha value is -4.01. The molecule has 1 aromatic heterocycles. The van der Waals surface area contributed by atoms with Crippen molar-refractivity contribution in [2.45, 2.75) is 110 Å². The summed E-state index contributed by atoms with van der Waals surface area (Å²) >= 11 is 0. The van der Waals surface area contributed by atoms with E-state index in [0.29, 0.717) is 29.6 Å². The highest BCUT2D eigenvalue weighted by Crippen LogP contribution is 2.34. The Bertz CT molecular complexity index is 1510. The first-order valence-electron chi connectivity index (χ1n) is 16.2. The van der Waals surface area contributed by atoms with Crippen LogP contribution >= 0.6 is 0 Å². The maximum atomic E-state index is 13.6. The highest BCUT2D eigenvalue weighted by molar-refractivity contribution is 6.18. The summed E-state index contributed by atoms with van der Waals surface area (Å²) in [5.74, 6) is -1.13. The first-order chi connectivity index (χ1) is 21.4. The summed E-state index contributed by atoms with van der Waals surface area (Å²) in [6.45, 7) is 6.56. The Kier molecular flexibility index (Phi) is 12.1. The molecule has 0 spiro atoms. The molecule has 2 aromatic carbocycles. The van der Waals surface area contributed by atoms with Gasteiger partial charge in [0.2, 0.25) is 6.10 Å². The van der Waals surface area contributed by atoms with Crippen LogP contribution in [0.1, 0.15) is 119 Å². The first-order valence-corrected chi connectivity index (χ1v) is 16.2. The van der Waals surface area contributed by atoms with Gasteiger partial charge in [-0.1, -0.05) is 95.8 Å². The molecule has 236 valence electrons. The van der Waals surface area contributed by atoms with Crippen LogP contribution in [0.4, 0.5) is 10.5 Å². The van der Waals surface area contributed by atoms with Crippen LogP contribution in [0.15, 0.2) is 47.3 Å². The number of imide groups is 1. The van der Waals surface area contributed by atoms with Crippen molar-refractivity contribution >= 4 is 34.6 Å². The van der Waals surface area contributed by atoms with Crippen LogP contribution in [0.5, 0.6) is 0 Å². The van der Waals surface area contributed by atoms with Crippen molar-refractivity contribution in [3.05, 3.63) is 69.8 Å². The summed E-state index contributed by atoms with van der Waals surface area (Å²) in [7, 11) is 0. The number of aromatic nitrogens is 2. The van der Waals surface area contributed by atoms with E-state index in [1.165, 1.54) is 63.9 Å². The van der Waals surface area contributed by atoms with E-state index in [4.69, 9.17) is 9.47 Å². The fourth-order valence-corrected chi connectivity index (χ4v) is 5.73. The number of nitrogens with zero attached hydrogens (tertiary/aromatic N) is 3. The predicted octanol–water partition coefficient (Wildman–Crippen LogP) is 7.81. The number of amides is 2. The van der Waals surface area contributed by atoms with Gasteiger partial charge in [0.1, 0.15) is 0 Å². The highest BCUT2D eigenvalue weighted by Gasteiger charge is 2.45. The lowest BCUT2D eigenvalue weighted by atomic mass is 10.1. The maximum absolute atomic E-state index is 13.6. The number of ether oxygens (including phenoxy) is 2. The number of para-hydroxylation sites is 1. The summed E-state index contributed by atoms with van der Waals surface area (Å²) in [5.41, 5.74) is 1.17. The van der Waals surface area contributed by atoms with E-state index in [9.17, 15) is 19.2 Å². The molecule has 1 aliphatic rings. The molecule has 1 unspecified atom stereocenters. The molecule has 3 aromatic rings. The zero-order chi connectivity index (χ0) is 31.5. The van der Waals surface area contributed by atoms with E-state index in [2.05, 4.69) is 11.9 Å². The second-order valence-corrected chi connectivity index (χ2v) is 11.5. The van der Waals surface area contributed by atoms with Gasteiger partial charge in [-0.25, -0.2) is 14.5 Å². The van der Waals surface area contributed by atoms with Gasteiger partial charge in [0.15, 0.2) is 5.82 Å². The molecular weight excluding hydrogens is 558 g/mol. The van der Waals surface area contributed by atoms with E-state index in [0.717, 1.165) is 24.2 Å². The van der Waals surface area contributed by atoms with Gasteiger partial charge < -0.3 is 14.0 Å². The Labute approximate surface area is 259 Å². The number of benzene rings is 2. The molecule has 4 rings (SSSR count). The third-order valence-electron chi connectivity index (χ3n) is 8.23. The zero-order valence-electron chi connectivity index (χ0n) is 26.3. The van der Waals surface area contributed by atoms with Gasteiger partial charge in [-0.2, -0.15) is 4.98 Å². The molecule has 2 amide bonds. The van der Waals surface area contributed by atoms with Crippen molar-refractivity contribution in [2.75, 3.05) is 11.5 Å². The Morgan fingerprint density at radius 1 is 0.864 bits per heavy atom. The lowest BCUT2D eigenvalue weighted by Gasteiger charge is -2.17. The number of aryl methyl sites for hydroxylation is 2. The molecule has 2 heterocycles. The van der Waals surface area contributed by atoms with Gasteiger partial charge in [-0.3, -0.25) is 9.59 Å². The van der Waals surface area contributed by atoms with Crippen molar-refractivity contribution in [1.29, 1.82) is 0 Å². The topological polar surface area (TPSA) is 108 Å². The van der Waals surface area contributed by atoms with Crippen molar-refractivity contribution in [3.8, 4) is 0 Å². The number of fused-ring (bicyclic) bond motifs is 1.